The van der Waals surface area contributed by atoms with Crippen molar-refractivity contribution in [3.05, 3.63) is 76.4 Å². The second-order valence-electron chi connectivity index (χ2n) is 5.82. The van der Waals surface area contributed by atoms with Gasteiger partial charge < -0.3 is 9.47 Å². The summed E-state index contributed by atoms with van der Waals surface area (Å²) in [5, 5.41) is 0. The van der Waals surface area contributed by atoms with Crippen molar-refractivity contribution in [1.29, 1.82) is 0 Å². The molecule has 122 valence electrons. The maximum absolute atomic E-state index is 12.1. The van der Waals surface area contributed by atoms with E-state index in [1.54, 1.807) is 6.08 Å². The highest BCUT2D eigenvalue weighted by Gasteiger charge is 2.22. The molecule has 1 aliphatic heterocycles. The molecule has 0 amide bonds. The van der Waals surface area contributed by atoms with Crippen LogP contribution in [-0.4, -0.2) is 12.6 Å². The minimum atomic E-state index is -0.321. The molecule has 0 saturated carbocycles. The van der Waals surface area contributed by atoms with Crippen LogP contribution in [0.2, 0.25) is 0 Å². The third-order valence-corrected chi connectivity index (χ3v) is 3.89. The number of rotatable bonds is 4. The molecular weight excluding hydrogens is 300 g/mol. The topological polar surface area (TPSA) is 35.5 Å². The molecule has 0 unspecified atom stereocenters. The van der Waals surface area contributed by atoms with Crippen LogP contribution in [0.25, 0.3) is 11.8 Å². The van der Waals surface area contributed by atoms with Gasteiger partial charge in [0.05, 0.1) is 12.2 Å². The van der Waals surface area contributed by atoms with Crippen LogP contribution in [-0.2, 0) is 9.53 Å². The molecule has 3 heteroatoms. The molecule has 2 aromatic carbocycles. The van der Waals surface area contributed by atoms with Crippen LogP contribution in [0.1, 0.15) is 29.2 Å². The van der Waals surface area contributed by atoms with Crippen LogP contribution in [0.5, 0.6) is 5.75 Å². The molecule has 3 nitrogen and oxygen atoms in total. The molecular formula is C21H20O3. The smallest absolute Gasteiger partial charge is 0.343 e. The van der Waals surface area contributed by atoms with Crippen molar-refractivity contribution >= 4 is 17.8 Å². The zero-order valence-corrected chi connectivity index (χ0v) is 14.1. The Labute approximate surface area is 142 Å². The predicted octanol–water partition coefficient (Wildman–Crippen LogP) is 4.68. The molecule has 0 radical (unpaired) electrons. The van der Waals surface area contributed by atoms with Crippen LogP contribution in [0.3, 0.4) is 0 Å². The normalized spacial score (nSPS) is 15.4. The minimum Gasteiger partial charge on any atom is -0.494 e. The number of carbonyl (C=O) groups is 1. The quantitative estimate of drug-likeness (QED) is 0.606. The van der Waals surface area contributed by atoms with Crippen molar-refractivity contribution in [2.45, 2.75) is 20.8 Å². The van der Waals surface area contributed by atoms with E-state index in [2.05, 4.69) is 6.07 Å². The molecule has 0 bridgehead atoms. The summed E-state index contributed by atoms with van der Waals surface area (Å²) in [6.07, 6.45) is 3.63. The molecule has 2 aromatic rings. The summed E-state index contributed by atoms with van der Waals surface area (Å²) >= 11 is 0. The molecule has 0 fully saturated rings. The van der Waals surface area contributed by atoms with E-state index < -0.39 is 0 Å². The van der Waals surface area contributed by atoms with Crippen LogP contribution in [0, 0.1) is 13.8 Å². The minimum absolute atomic E-state index is 0.321. The molecule has 1 heterocycles. The van der Waals surface area contributed by atoms with Gasteiger partial charge in [-0.3, -0.25) is 0 Å². The predicted molar refractivity (Wildman–Crippen MR) is 95.6 cm³/mol. The Morgan fingerprint density at radius 1 is 1.08 bits per heavy atom. The highest BCUT2D eigenvalue weighted by Crippen LogP contribution is 2.30. The number of aryl methyl sites for hydroxylation is 2. The average molecular weight is 320 g/mol. The summed E-state index contributed by atoms with van der Waals surface area (Å²) in [6, 6.07) is 13.7. The van der Waals surface area contributed by atoms with Gasteiger partial charge in [-0.25, -0.2) is 4.79 Å². The van der Waals surface area contributed by atoms with Crippen LogP contribution in [0.15, 0.2) is 54.1 Å². The third-order valence-electron chi connectivity index (χ3n) is 3.89. The zero-order chi connectivity index (χ0) is 17.1. The van der Waals surface area contributed by atoms with Gasteiger partial charge in [0.2, 0.25) is 0 Å². The number of carbonyl (C=O) groups excluding carboxylic acids is 1. The van der Waals surface area contributed by atoms with Gasteiger partial charge in [0.15, 0.2) is 0 Å². The highest BCUT2D eigenvalue weighted by molar-refractivity contribution is 6.05. The number of esters is 1. The number of cyclic esters (lactones) is 1. The van der Waals surface area contributed by atoms with Gasteiger partial charge in [-0.15, -0.1) is 0 Å². The monoisotopic (exact) mass is 320 g/mol. The first-order valence-electron chi connectivity index (χ1n) is 8.03. The molecule has 0 spiro atoms. The average Bonchev–Trinajstić information content (AvgIpc) is 2.90. The Kier molecular flexibility index (Phi) is 4.52. The Bertz CT molecular complexity index is 827. The standard InChI is InChI=1S/C21H20O3/c1-4-23-18-8-6-16(7-9-18)12-17-13-20(24-21(17)22)19-10-5-14(2)11-15(19)3/h5-13H,4H2,1-3H3. The third kappa shape index (κ3) is 3.40. The Balaban J connectivity index is 1.88. The molecule has 0 atom stereocenters. The first-order valence-corrected chi connectivity index (χ1v) is 8.03. The van der Waals surface area contributed by atoms with Gasteiger partial charge in [-0.1, -0.05) is 35.9 Å². The first-order chi connectivity index (χ1) is 11.6. The lowest BCUT2D eigenvalue weighted by molar-refractivity contribution is -0.130. The summed E-state index contributed by atoms with van der Waals surface area (Å²) in [7, 11) is 0. The molecule has 0 aromatic heterocycles. The van der Waals surface area contributed by atoms with Gasteiger partial charge >= 0.3 is 5.97 Å². The van der Waals surface area contributed by atoms with E-state index in [0.29, 0.717) is 17.9 Å². The molecule has 1 aliphatic rings. The number of hydrogen-bond acceptors (Lipinski definition) is 3. The van der Waals surface area contributed by atoms with Gasteiger partial charge in [0, 0.05) is 5.56 Å². The molecule has 24 heavy (non-hydrogen) atoms. The van der Waals surface area contributed by atoms with Gasteiger partial charge in [0.25, 0.3) is 0 Å². The zero-order valence-electron chi connectivity index (χ0n) is 14.1. The van der Waals surface area contributed by atoms with E-state index in [4.69, 9.17) is 9.47 Å². The number of ether oxygens (including phenoxy) is 2. The Morgan fingerprint density at radius 3 is 2.50 bits per heavy atom. The van der Waals surface area contributed by atoms with Crippen LogP contribution in [0.4, 0.5) is 0 Å². The van der Waals surface area contributed by atoms with Gasteiger partial charge in [0.1, 0.15) is 11.5 Å². The fourth-order valence-electron chi connectivity index (χ4n) is 2.72. The number of hydrogen-bond donors (Lipinski definition) is 0. The summed E-state index contributed by atoms with van der Waals surface area (Å²) < 4.78 is 10.9. The molecule has 0 aliphatic carbocycles. The maximum atomic E-state index is 12.1. The SMILES string of the molecule is CCOc1ccc(C=C2C=C(c3ccc(C)cc3C)OC2=O)cc1. The van der Waals surface area contributed by atoms with E-state index >= 15 is 0 Å². The number of benzene rings is 2. The molecule has 3 rings (SSSR count). The summed E-state index contributed by atoms with van der Waals surface area (Å²) in [4.78, 5) is 12.1. The van der Waals surface area contributed by atoms with E-state index in [9.17, 15) is 4.79 Å². The first kappa shape index (κ1) is 16.1. The van der Waals surface area contributed by atoms with Crippen LogP contribution >= 0.6 is 0 Å². The van der Waals surface area contributed by atoms with Gasteiger partial charge in [-0.05, 0) is 56.2 Å². The van der Waals surface area contributed by atoms with E-state index in [-0.39, 0.29) is 5.97 Å². The van der Waals surface area contributed by atoms with Crippen molar-refractivity contribution in [2.75, 3.05) is 6.61 Å². The van der Waals surface area contributed by atoms with Crippen molar-refractivity contribution in [1.82, 2.24) is 0 Å². The fraction of sp³-hybridized carbons (Fsp3) is 0.190. The lowest BCUT2D eigenvalue weighted by Gasteiger charge is -2.06. The van der Waals surface area contributed by atoms with Crippen molar-refractivity contribution in [3.8, 4) is 5.75 Å². The fourth-order valence-corrected chi connectivity index (χ4v) is 2.72. The van der Waals surface area contributed by atoms with E-state index in [0.717, 1.165) is 22.4 Å². The van der Waals surface area contributed by atoms with Gasteiger partial charge in [-0.2, -0.15) is 0 Å². The maximum Gasteiger partial charge on any atom is 0.343 e. The molecule has 0 saturated heterocycles. The summed E-state index contributed by atoms with van der Waals surface area (Å²) in [5.74, 6) is 1.11. The summed E-state index contributed by atoms with van der Waals surface area (Å²) in [5.41, 5.74) is 4.71. The lowest BCUT2D eigenvalue weighted by atomic mass is 10.0. The summed E-state index contributed by atoms with van der Waals surface area (Å²) in [6.45, 7) is 6.65. The van der Waals surface area contributed by atoms with Crippen LogP contribution < -0.4 is 4.74 Å². The second-order valence-corrected chi connectivity index (χ2v) is 5.82. The molecule has 0 N–H and O–H groups in total. The van der Waals surface area contributed by atoms with Crippen molar-refractivity contribution in [3.63, 3.8) is 0 Å². The Morgan fingerprint density at radius 2 is 1.83 bits per heavy atom. The second kappa shape index (κ2) is 6.75. The van der Waals surface area contributed by atoms with Crippen molar-refractivity contribution in [2.24, 2.45) is 0 Å². The van der Waals surface area contributed by atoms with Crippen molar-refractivity contribution < 1.29 is 14.3 Å². The van der Waals surface area contributed by atoms with E-state index in [1.807, 2.05) is 63.2 Å². The Hall–Kier alpha value is -2.81. The lowest BCUT2D eigenvalue weighted by Crippen LogP contribution is -1.98. The van der Waals surface area contributed by atoms with E-state index in [1.165, 1.54) is 5.56 Å². The highest BCUT2D eigenvalue weighted by atomic mass is 16.5. The largest absolute Gasteiger partial charge is 0.494 e.